The molecule has 0 heterocycles. The molecule has 0 aliphatic heterocycles. The number of halogens is 1. The van der Waals surface area contributed by atoms with E-state index in [0.29, 0.717) is 10.6 Å². The average molecular weight is 300 g/mol. The summed E-state index contributed by atoms with van der Waals surface area (Å²) >= 11 is 6.05. The van der Waals surface area contributed by atoms with Crippen LogP contribution in [0.15, 0.2) is 48.5 Å². The third kappa shape index (κ3) is 3.98. The van der Waals surface area contributed by atoms with Crippen LogP contribution in [0, 0.1) is 11.3 Å². The van der Waals surface area contributed by atoms with Crippen molar-refractivity contribution < 1.29 is 0 Å². The zero-order valence-corrected chi connectivity index (χ0v) is 12.9. The van der Waals surface area contributed by atoms with E-state index < -0.39 is 0 Å². The molecule has 0 amide bonds. The van der Waals surface area contributed by atoms with E-state index in [2.05, 4.69) is 42.5 Å². The first-order valence-electron chi connectivity index (χ1n) is 6.76. The van der Waals surface area contributed by atoms with Gasteiger partial charge < -0.3 is 10.2 Å². The molecule has 108 valence electrons. The lowest BCUT2D eigenvalue weighted by Gasteiger charge is -2.25. The largest absolute Gasteiger partial charge is 0.383 e. The molecule has 0 radical (unpaired) electrons. The van der Waals surface area contributed by atoms with E-state index >= 15 is 0 Å². The van der Waals surface area contributed by atoms with Crippen molar-refractivity contribution in [2.75, 3.05) is 26.0 Å². The quantitative estimate of drug-likeness (QED) is 0.909. The molecule has 0 aromatic heterocycles. The second kappa shape index (κ2) is 7.12. The third-order valence-electron chi connectivity index (χ3n) is 3.40. The zero-order valence-electron chi connectivity index (χ0n) is 12.2. The van der Waals surface area contributed by atoms with E-state index in [1.165, 1.54) is 5.56 Å². The number of benzene rings is 2. The van der Waals surface area contributed by atoms with E-state index in [1.54, 1.807) is 12.1 Å². The summed E-state index contributed by atoms with van der Waals surface area (Å²) in [6.07, 6.45) is 0. The number of rotatable bonds is 5. The predicted molar refractivity (Wildman–Crippen MR) is 87.5 cm³/mol. The molecule has 0 unspecified atom stereocenters. The molecule has 21 heavy (non-hydrogen) atoms. The molecule has 3 nitrogen and oxygen atoms in total. The number of nitrogens with zero attached hydrogens (tertiary/aromatic N) is 2. The molecule has 4 heteroatoms. The average Bonchev–Trinajstić information content (AvgIpc) is 2.48. The number of nitrogens with one attached hydrogen (secondary N) is 1. The minimum atomic E-state index is 0.264. The van der Waals surface area contributed by atoms with Crippen molar-refractivity contribution in [3.63, 3.8) is 0 Å². The van der Waals surface area contributed by atoms with Gasteiger partial charge in [-0.05, 0) is 37.9 Å². The lowest BCUT2D eigenvalue weighted by Crippen LogP contribution is -2.26. The van der Waals surface area contributed by atoms with E-state index in [-0.39, 0.29) is 6.04 Å². The van der Waals surface area contributed by atoms with Crippen molar-refractivity contribution in [2.45, 2.75) is 6.04 Å². The highest BCUT2D eigenvalue weighted by molar-refractivity contribution is 6.32. The summed E-state index contributed by atoms with van der Waals surface area (Å²) in [5.74, 6) is 0. The minimum Gasteiger partial charge on any atom is -0.383 e. The molecule has 0 aliphatic carbocycles. The monoisotopic (exact) mass is 299 g/mol. The molecule has 0 saturated carbocycles. The molecule has 2 aromatic rings. The molecule has 0 spiro atoms. The maximum absolute atomic E-state index is 8.89. The summed E-state index contributed by atoms with van der Waals surface area (Å²) in [7, 11) is 4.12. The molecule has 2 rings (SSSR count). The lowest BCUT2D eigenvalue weighted by molar-refractivity contribution is 0.312. The highest BCUT2D eigenvalue weighted by atomic mass is 35.5. The summed E-state index contributed by atoms with van der Waals surface area (Å²) in [5, 5.41) is 12.7. The van der Waals surface area contributed by atoms with Gasteiger partial charge in [0.2, 0.25) is 0 Å². The molecular weight excluding hydrogens is 282 g/mol. The molecule has 0 fully saturated rings. The van der Waals surface area contributed by atoms with Crippen LogP contribution in [-0.2, 0) is 0 Å². The van der Waals surface area contributed by atoms with E-state index in [4.69, 9.17) is 16.9 Å². The van der Waals surface area contributed by atoms with Gasteiger partial charge in [0.05, 0.1) is 16.6 Å². The van der Waals surface area contributed by atoms with Gasteiger partial charge in [0.1, 0.15) is 6.07 Å². The number of anilines is 1. The van der Waals surface area contributed by atoms with Gasteiger partial charge in [0.15, 0.2) is 0 Å². The second-order valence-corrected chi connectivity index (χ2v) is 5.48. The van der Waals surface area contributed by atoms with Crippen LogP contribution in [0.25, 0.3) is 0 Å². The first kappa shape index (κ1) is 15.4. The molecular formula is C17H18ClN3. The van der Waals surface area contributed by atoms with Crippen molar-refractivity contribution in [1.82, 2.24) is 4.90 Å². The molecule has 2 aromatic carbocycles. The Bertz CT molecular complexity index is 632. The van der Waals surface area contributed by atoms with Crippen LogP contribution in [0.5, 0.6) is 0 Å². The topological polar surface area (TPSA) is 39.1 Å². The molecule has 0 aliphatic rings. The smallest absolute Gasteiger partial charge is 0.101 e. The van der Waals surface area contributed by atoms with Crippen molar-refractivity contribution in [2.24, 2.45) is 0 Å². The van der Waals surface area contributed by atoms with Crippen LogP contribution in [-0.4, -0.2) is 25.5 Å². The first-order valence-corrected chi connectivity index (χ1v) is 7.14. The summed E-state index contributed by atoms with van der Waals surface area (Å²) in [6, 6.07) is 18.1. The fourth-order valence-electron chi connectivity index (χ4n) is 2.20. The molecule has 1 atom stereocenters. The normalized spacial score (nSPS) is 12.0. The van der Waals surface area contributed by atoms with Crippen molar-refractivity contribution in [1.29, 1.82) is 5.26 Å². The Labute approximate surface area is 130 Å². The van der Waals surface area contributed by atoms with Gasteiger partial charge in [-0.2, -0.15) is 5.26 Å². The second-order valence-electron chi connectivity index (χ2n) is 5.08. The first-order chi connectivity index (χ1) is 10.1. The Morgan fingerprint density at radius 3 is 2.48 bits per heavy atom. The van der Waals surface area contributed by atoms with Crippen LogP contribution in [0.4, 0.5) is 5.69 Å². The number of hydrogen-bond donors (Lipinski definition) is 1. The fourth-order valence-corrected chi connectivity index (χ4v) is 2.43. The van der Waals surface area contributed by atoms with Gasteiger partial charge >= 0.3 is 0 Å². The number of likely N-dealkylation sites (N-methyl/N-ethyl adjacent to an activating group) is 1. The highest BCUT2D eigenvalue weighted by Crippen LogP contribution is 2.22. The van der Waals surface area contributed by atoms with Crippen LogP contribution >= 0.6 is 11.6 Å². The van der Waals surface area contributed by atoms with E-state index in [1.807, 2.05) is 24.3 Å². The van der Waals surface area contributed by atoms with Gasteiger partial charge in [-0.3, -0.25) is 0 Å². The van der Waals surface area contributed by atoms with Gasteiger partial charge in [0, 0.05) is 12.2 Å². The Morgan fingerprint density at radius 2 is 1.90 bits per heavy atom. The lowest BCUT2D eigenvalue weighted by atomic mass is 10.1. The van der Waals surface area contributed by atoms with Crippen LogP contribution in [0.2, 0.25) is 5.02 Å². The minimum absolute atomic E-state index is 0.264. The molecule has 0 bridgehead atoms. The number of hydrogen-bond acceptors (Lipinski definition) is 3. The van der Waals surface area contributed by atoms with Crippen molar-refractivity contribution in [3.8, 4) is 6.07 Å². The highest BCUT2D eigenvalue weighted by Gasteiger charge is 2.13. The van der Waals surface area contributed by atoms with Gasteiger partial charge in [-0.15, -0.1) is 0 Å². The van der Waals surface area contributed by atoms with Crippen molar-refractivity contribution in [3.05, 3.63) is 64.7 Å². The third-order valence-corrected chi connectivity index (χ3v) is 3.71. The predicted octanol–water partition coefficient (Wildman–Crippen LogP) is 3.93. The van der Waals surface area contributed by atoms with Crippen LogP contribution < -0.4 is 5.32 Å². The van der Waals surface area contributed by atoms with Gasteiger partial charge in [0.25, 0.3) is 0 Å². The Morgan fingerprint density at radius 1 is 1.19 bits per heavy atom. The van der Waals surface area contributed by atoms with Crippen molar-refractivity contribution >= 4 is 17.3 Å². The van der Waals surface area contributed by atoms with Gasteiger partial charge in [-0.25, -0.2) is 0 Å². The van der Waals surface area contributed by atoms with Crippen LogP contribution in [0.1, 0.15) is 17.2 Å². The summed E-state index contributed by atoms with van der Waals surface area (Å²) in [5.41, 5.74) is 2.67. The fraction of sp³-hybridized carbons (Fsp3) is 0.235. The summed E-state index contributed by atoms with van der Waals surface area (Å²) in [6.45, 7) is 0.763. The maximum Gasteiger partial charge on any atom is 0.101 e. The Hall–Kier alpha value is -2.02. The number of nitriles is 1. The molecule has 1 N–H and O–H groups in total. The maximum atomic E-state index is 8.89. The van der Waals surface area contributed by atoms with Gasteiger partial charge in [-0.1, -0.05) is 41.9 Å². The molecule has 0 saturated heterocycles. The SMILES string of the molecule is CN(C)[C@H](CNc1ccc(C#N)c(Cl)c1)c1ccccc1. The summed E-state index contributed by atoms with van der Waals surface area (Å²) < 4.78 is 0. The van der Waals surface area contributed by atoms with E-state index in [9.17, 15) is 0 Å². The standard InChI is InChI=1S/C17H18ClN3/c1-21(2)17(13-6-4-3-5-7-13)12-20-15-9-8-14(11-19)16(18)10-15/h3-10,17,20H,12H2,1-2H3/t17-/m1/s1. The van der Waals surface area contributed by atoms with E-state index in [0.717, 1.165) is 12.2 Å². The zero-order chi connectivity index (χ0) is 15.2. The summed E-state index contributed by atoms with van der Waals surface area (Å²) in [4.78, 5) is 2.17. The Balaban J connectivity index is 2.10. The van der Waals surface area contributed by atoms with Crippen LogP contribution in [0.3, 0.4) is 0 Å². The Kier molecular flexibility index (Phi) is 5.21.